The molecule has 1 amide bonds. The lowest BCUT2D eigenvalue weighted by Crippen LogP contribution is -2.44. The predicted molar refractivity (Wildman–Crippen MR) is 107 cm³/mol. The Balaban J connectivity index is 1.55. The van der Waals surface area contributed by atoms with Gasteiger partial charge in [0.1, 0.15) is 5.75 Å². The van der Waals surface area contributed by atoms with E-state index in [9.17, 15) is 4.79 Å². The second-order valence-corrected chi connectivity index (χ2v) is 7.24. The van der Waals surface area contributed by atoms with E-state index in [-0.39, 0.29) is 11.3 Å². The van der Waals surface area contributed by atoms with E-state index < -0.39 is 0 Å². The molecule has 3 rings (SSSR count). The van der Waals surface area contributed by atoms with Crippen molar-refractivity contribution >= 4 is 5.91 Å². The highest BCUT2D eigenvalue weighted by atomic mass is 16.5. The molecule has 4 nitrogen and oxygen atoms in total. The molecule has 1 N–H and O–H groups in total. The number of aryl methyl sites for hydroxylation is 1. The number of hydrogen-bond acceptors (Lipinski definition) is 3. The summed E-state index contributed by atoms with van der Waals surface area (Å²) in [5.41, 5.74) is 2.47. The summed E-state index contributed by atoms with van der Waals surface area (Å²) in [7, 11) is 1.68. The molecule has 0 atom stereocenters. The minimum absolute atomic E-state index is 0.0559. The third kappa shape index (κ3) is 5.33. The maximum atomic E-state index is 12.4. The normalized spacial score (nSPS) is 15.9. The number of benzene rings is 2. The Morgan fingerprint density at radius 1 is 1.07 bits per heavy atom. The Labute approximate surface area is 161 Å². The second kappa shape index (κ2) is 9.56. The van der Waals surface area contributed by atoms with Gasteiger partial charge in [-0.05, 0) is 48.9 Å². The molecule has 144 valence electrons. The number of carbonyl (C=O) groups is 1. The van der Waals surface area contributed by atoms with Crippen LogP contribution >= 0.6 is 0 Å². The number of rotatable bonds is 8. The van der Waals surface area contributed by atoms with Crippen LogP contribution in [0.5, 0.6) is 5.75 Å². The zero-order chi connectivity index (χ0) is 19.0. The van der Waals surface area contributed by atoms with E-state index in [0.29, 0.717) is 13.0 Å². The van der Waals surface area contributed by atoms with Gasteiger partial charge in [-0.15, -0.1) is 0 Å². The zero-order valence-electron chi connectivity index (χ0n) is 16.1. The quantitative estimate of drug-likeness (QED) is 0.770. The molecule has 0 saturated carbocycles. The molecule has 0 bridgehead atoms. The topological polar surface area (TPSA) is 47.6 Å². The van der Waals surface area contributed by atoms with E-state index >= 15 is 0 Å². The molecule has 0 radical (unpaired) electrons. The van der Waals surface area contributed by atoms with Gasteiger partial charge < -0.3 is 14.8 Å². The summed E-state index contributed by atoms with van der Waals surface area (Å²) in [5.74, 6) is 0.983. The molecular formula is C23H29NO3. The van der Waals surface area contributed by atoms with Crippen LogP contribution in [0.4, 0.5) is 0 Å². The van der Waals surface area contributed by atoms with Crippen molar-refractivity contribution in [2.75, 3.05) is 26.9 Å². The molecule has 4 heteroatoms. The summed E-state index contributed by atoms with van der Waals surface area (Å²) in [6.45, 7) is 2.12. The number of carbonyl (C=O) groups excluding carboxylic acids is 1. The van der Waals surface area contributed by atoms with Crippen LogP contribution in [-0.2, 0) is 21.4 Å². The number of methoxy groups -OCH3 is 1. The average Bonchev–Trinajstić information content (AvgIpc) is 2.74. The first-order valence-electron chi connectivity index (χ1n) is 9.75. The van der Waals surface area contributed by atoms with Gasteiger partial charge >= 0.3 is 0 Å². The minimum Gasteiger partial charge on any atom is -0.497 e. The summed E-state index contributed by atoms with van der Waals surface area (Å²) in [6.07, 6.45) is 4.21. The van der Waals surface area contributed by atoms with Crippen LogP contribution in [0.1, 0.15) is 36.8 Å². The van der Waals surface area contributed by atoms with Crippen molar-refractivity contribution in [2.24, 2.45) is 0 Å². The van der Waals surface area contributed by atoms with Gasteiger partial charge in [0.25, 0.3) is 0 Å². The molecule has 1 fully saturated rings. The van der Waals surface area contributed by atoms with Crippen LogP contribution in [-0.4, -0.2) is 32.8 Å². The fourth-order valence-electron chi connectivity index (χ4n) is 3.73. The molecule has 1 aliphatic heterocycles. The highest BCUT2D eigenvalue weighted by molar-refractivity contribution is 5.76. The number of hydrogen-bond donors (Lipinski definition) is 1. The van der Waals surface area contributed by atoms with Gasteiger partial charge in [0.2, 0.25) is 5.91 Å². The number of ether oxygens (including phenoxy) is 2. The van der Waals surface area contributed by atoms with Gasteiger partial charge in [0.05, 0.1) is 7.11 Å². The van der Waals surface area contributed by atoms with Crippen LogP contribution in [0.15, 0.2) is 54.6 Å². The van der Waals surface area contributed by atoms with Gasteiger partial charge in [0, 0.05) is 31.6 Å². The van der Waals surface area contributed by atoms with E-state index in [2.05, 4.69) is 29.6 Å². The van der Waals surface area contributed by atoms with Crippen LogP contribution < -0.4 is 10.1 Å². The highest BCUT2D eigenvalue weighted by Gasteiger charge is 2.34. The zero-order valence-corrected chi connectivity index (χ0v) is 16.1. The Morgan fingerprint density at radius 3 is 2.44 bits per heavy atom. The van der Waals surface area contributed by atoms with Gasteiger partial charge in [-0.2, -0.15) is 0 Å². The van der Waals surface area contributed by atoms with E-state index in [1.165, 1.54) is 11.1 Å². The monoisotopic (exact) mass is 367 g/mol. The Hall–Kier alpha value is -2.33. The summed E-state index contributed by atoms with van der Waals surface area (Å²) in [4.78, 5) is 12.4. The van der Waals surface area contributed by atoms with Crippen molar-refractivity contribution in [1.82, 2.24) is 5.32 Å². The van der Waals surface area contributed by atoms with E-state index in [4.69, 9.17) is 9.47 Å². The van der Waals surface area contributed by atoms with E-state index in [1.807, 2.05) is 30.3 Å². The molecule has 1 saturated heterocycles. The van der Waals surface area contributed by atoms with Gasteiger partial charge in [-0.25, -0.2) is 0 Å². The van der Waals surface area contributed by atoms with Gasteiger partial charge in [-0.1, -0.05) is 42.5 Å². The lowest BCUT2D eigenvalue weighted by atomic mass is 9.74. The second-order valence-electron chi connectivity index (χ2n) is 7.24. The lowest BCUT2D eigenvalue weighted by molar-refractivity contribution is -0.121. The van der Waals surface area contributed by atoms with Gasteiger partial charge in [0.15, 0.2) is 0 Å². The SMILES string of the molecule is COc1ccc(C2(CNC(=O)CCCc3ccccc3)CCOCC2)cc1. The third-order valence-electron chi connectivity index (χ3n) is 5.49. The average molecular weight is 367 g/mol. The van der Waals surface area contributed by atoms with Gasteiger partial charge in [-0.3, -0.25) is 4.79 Å². The largest absolute Gasteiger partial charge is 0.497 e. The Kier molecular flexibility index (Phi) is 6.88. The van der Waals surface area contributed by atoms with E-state index in [0.717, 1.165) is 44.6 Å². The summed E-state index contributed by atoms with van der Waals surface area (Å²) in [5, 5.41) is 3.18. The number of nitrogens with one attached hydrogen (secondary N) is 1. The number of amides is 1. The fourth-order valence-corrected chi connectivity index (χ4v) is 3.73. The molecule has 1 aliphatic rings. The van der Waals surface area contributed by atoms with Crippen LogP contribution in [0, 0.1) is 0 Å². The molecule has 0 spiro atoms. The summed E-state index contributed by atoms with van der Waals surface area (Å²) < 4.78 is 10.8. The molecule has 2 aromatic rings. The Bertz CT molecular complexity index is 706. The predicted octanol–water partition coefficient (Wildman–Crippen LogP) is 3.88. The van der Waals surface area contributed by atoms with Crippen LogP contribution in [0.3, 0.4) is 0 Å². The molecular weight excluding hydrogens is 338 g/mol. The third-order valence-corrected chi connectivity index (χ3v) is 5.49. The first-order chi connectivity index (χ1) is 13.2. The molecule has 27 heavy (non-hydrogen) atoms. The van der Waals surface area contributed by atoms with Crippen molar-refractivity contribution in [2.45, 2.75) is 37.5 Å². The molecule has 0 aromatic heterocycles. The lowest BCUT2D eigenvalue weighted by Gasteiger charge is -2.38. The molecule has 0 unspecified atom stereocenters. The first kappa shape index (κ1) is 19.4. The smallest absolute Gasteiger partial charge is 0.220 e. The standard InChI is InChI=1S/C23H29NO3/c1-26-21-12-10-20(11-13-21)23(14-16-27-17-15-23)18-24-22(25)9-5-8-19-6-3-2-4-7-19/h2-4,6-7,10-13H,5,8-9,14-18H2,1H3,(H,24,25). The van der Waals surface area contributed by atoms with Crippen LogP contribution in [0.25, 0.3) is 0 Å². The van der Waals surface area contributed by atoms with Crippen molar-refractivity contribution in [3.8, 4) is 5.75 Å². The summed E-state index contributed by atoms with van der Waals surface area (Å²) >= 11 is 0. The highest BCUT2D eigenvalue weighted by Crippen LogP contribution is 2.35. The maximum absolute atomic E-state index is 12.4. The van der Waals surface area contributed by atoms with Crippen LogP contribution in [0.2, 0.25) is 0 Å². The first-order valence-corrected chi connectivity index (χ1v) is 9.75. The fraction of sp³-hybridized carbons (Fsp3) is 0.435. The molecule has 2 aromatic carbocycles. The Morgan fingerprint density at radius 2 is 1.78 bits per heavy atom. The molecule has 1 heterocycles. The van der Waals surface area contributed by atoms with Crippen molar-refractivity contribution in [3.63, 3.8) is 0 Å². The molecule has 0 aliphatic carbocycles. The van der Waals surface area contributed by atoms with Crippen molar-refractivity contribution in [3.05, 3.63) is 65.7 Å². The summed E-state index contributed by atoms with van der Waals surface area (Å²) in [6, 6.07) is 18.5. The van der Waals surface area contributed by atoms with Crippen molar-refractivity contribution in [1.29, 1.82) is 0 Å². The maximum Gasteiger partial charge on any atom is 0.220 e. The minimum atomic E-state index is -0.0559. The van der Waals surface area contributed by atoms with E-state index in [1.54, 1.807) is 7.11 Å². The van der Waals surface area contributed by atoms with Crippen molar-refractivity contribution < 1.29 is 14.3 Å².